The normalized spacial score (nSPS) is 10.7. The number of nitrogens with one attached hydrogen (secondary N) is 1. The highest BCUT2D eigenvalue weighted by Gasteiger charge is 2.16. The first-order chi connectivity index (χ1) is 20.7. The monoisotopic (exact) mass is 577 g/mol. The fourth-order valence-corrected chi connectivity index (χ4v) is 4.64. The molecular weight excluding hydrogens is 534 g/mol. The number of carbonyl (C=O) groups is 2. The summed E-state index contributed by atoms with van der Waals surface area (Å²) in [6.07, 6.45) is 10.6. The molecule has 0 radical (unpaired) electrons. The second-order valence-electron chi connectivity index (χ2n) is 10.7. The van der Waals surface area contributed by atoms with Crippen LogP contribution in [0, 0.1) is 13.8 Å². The van der Waals surface area contributed by atoms with Gasteiger partial charge < -0.3 is 10.1 Å². The van der Waals surface area contributed by atoms with Gasteiger partial charge >= 0.3 is 0 Å². The summed E-state index contributed by atoms with van der Waals surface area (Å²) in [5, 5.41) is 3.78. The van der Waals surface area contributed by atoms with E-state index in [0.29, 0.717) is 28.9 Å². The molecule has 4 aromatic rings. The van der Waals surface area contributed by atoms with Crippen molar-refractivity contribution in [3.8, 4) is 11.3 Å². The van der Waals surface area contributed by atoms with Crippen molar-refractivity contribution in [2.75, 3.05) is 5.32 Å². The molecule has 2 heterocycles. The number of rotatable bonds is 10. The standard InChI is InChI=1S/C27H25N3O2.C10H18O/c1-4-6-25(31)19-8-10-21(11-9-19)29-27(32)23-15-24(20-7-5-12-28-16-20)30-26-18(3)13-17(2)14-22(23)26;1-5-7-10(9(3)4)11-8-6-2/h5,7-16H,4,6H2,1-3H3,(H,29,32);6,8H,5,7H2,1-4H3/b;8-6-. The van der Waals surface area contributed by atoms with Crippen LogP contribution in [0.5, 0.6) is 0 Å². The predicted octanol–water partition coefficient (Wildman–Crippen LogP) is 9.78. The fraction of sp³-hybridized carbons (Fsp3) is 0.297. The number of carbonyl (C=O) groups excluding carboxylic acids is 2. The number of amides is 1. The van der Waals surface area contributed by atoms with Crippen LogP contribution in [0.1, 0.15) is 92.1 Å². The molecule has 0 aliphatic rings. The molecule has 0 fully saturated rings. The van der Waals surface area contributed by atoms with Gasteiger partial charge in [0.15, 0.2) is 5.78 Å². The Labute approximate surface area is 255 Å². The highest BCUT2D eigenvalue weighted by Crippen LogP contribution is 2.28. The van der Waals surface area contributed by atoms with Crippen molar-refractivity contribution >= 4 is 28.3 Å². The number of ether oxygens (including phenoxy) is 1. The number of hydrogen-bond donors (Lipinski definition) is 1. The first-order valence-electron chi connectivity index (χ1n) is 14.9. The molecule has 1 N–H and O–H groups in total. The number of Topliss-reactive ketones (excluding diaryl/α,β-unsaturated/α-hetero) is 1. The molecule has 0 unspecified atom stereocenters. The maximum atomic E-state index is 13.3. The molecule has 224 valence electrons. The van der Waals surface area contributed by atoms with Gasteiger partial charge in [-0.05, 0) is 107 Å². The minimum atomic E-state index is -0.222. The Morgan fingerprint density at radius 3 is 2.28 bits per heavy atom. The molecule has 2 aromatic carbocycles. The zero-order valence-electron chi connectivity index (χ0n) is 26.5. The summed E-state index contributed by atoms with van der Waals surface area (Å²) in [6, 6.07) is 16.7. The molecule has 6 nitrogen and oxygen atoms in total. The summed E-state index contributed by atoms with van der Waals surface area (Å²) < 4.78 is 5.39. The Bertz CT molecular complexity index is 1600. The lowest BCUT2D eigenvalue weighted by molar-refractivity contribution is 0.0980. The number of fused-ring (bicyclic) bond motifs is 1. The fourth-order valence-electron chi connectivity index (χ4n) is 4.64. The van der Waals surface area contributed by atoms with Crippen LogP contribution in [0.15, 0.2) is 90.7 Å². The lowest BCUT2D eigenvalue weighted by atomic mass is 9.99. The third-order valence-corrected chi connectivity index (χ3v) is 6.77. The number of aromatic nitrogens is 2. The molecule has 0 aliphatic carbocycles. The van der Waals surface area contributed by atoms with E-state index in [2.05, 4.69) is 37.1 Å². The van der Waals surface area contributed by atoms with Crippen LogP contribution >= 0.6 is 0 Å². The molecule has 0 atom stereocenters. The SMILES string of the molecule is C/C=C\OC(CCC)=C(C)C.CCCC(=O)c1ccc(NC(=O)c2cc(-c3cccnc3)nc3c(C)cc(C)cc23)cc1. The molecule has 0 bridgehead atoms. The molecule has 4 rings (SSSR count). The zero-order valence-corrected chi connectivity index (χ0v) is 26.5. The number of hydrogen-bond acceptors (Lipinski definition) is 5. The van der Waals surface area contributed by atoms with Crippen molar-refractivity contribution in [2.45, 2.75) is 74.1 Å². The highest BCUT2D eigenvalue weighted by molar-refractivity contribution is 6.13. The van der Waals surface area contributed by atoms with Crippen molar-refractivity contribution in [1.82, 2.24) is 9.97 Å². The predicted molar refractivity (Wildman–Crippen MR) is 177 cm³/mol. The Kier molecular flexibility index (Phi) is 12.4. The second-order valence-corrected chi connectivity index (χ2v) is 10.7. The Balaban J connectivity index is 0.000000393. The lowest BCUT2D eigenvalue weighted by Gasteiger charge is -2.13. The minimum absolute atomic E-state index is 0.109. The van der Waals surface area contributed by atoms with E-state index in [1.165, 1.54) is 5.57 Å². The van der Waals surface area contributed by atoms with Gasteiger partial charge in [-0.1, -0.05) is 31.6 Å². The Hall–Kier alpha value is -4.58. The van der Waals surface area contributed by atoms with E-state index in [9.17, 15) is 9.59 Å². The number of benzene rings is 2. The first kappa shape index (κ1) is 32.9. The van der Waals surface area contributed by atoms with Crippen LogP contribution in [-0.2, 0) is 4.74 Å². The molecule has 0 saturated carbocycles. The van der Waals surface area contributed by atoms with Crippen molar-refractivity contribution in [1.29, 1.82) is 0 Å². The number of anilines is 1. The van der Waals surface area contributed by atoms with Gasteiger partial charge in [0.2, 0.25) is 0 Å². The van der Waals surface area contributed by atoms with E-state index in [1.807, 2.05) is 58.0 Å². The Morgan fingerprint density at radius 2 is 1.67 bits per heavy atom. The van der Waals surface area contributed by atoms with E-state index >= 15 is 0 Å². The summed E-state index contributed by atoms with van der Waals surface area (Å²) in [4.78, 5) is 34.4. The van der Waals surface area contributed by atoms with Gasteiger partial charge in [-0.3, -0.25) is 14.6 Å². The topological polar surface area (TPSA) is 81.2 Å². The highest BCUT2D eigenvalue weighted by atomic mass is 16.5. The summed E-state index contributed by atoms with van der Waals surface area (Å²) in [6.45, 7) is 14.3. The maximum Gasteiger partial charge on any atom is 0.256 e. The second kappa shape index (κ2) is 16.2. The van der Waals surface area contributed by atoms with Crippen LogP contribution in [0.4, 0.5) is 5.69 Å². The van der Waals surface area contributed by atoms with E-state index in [0.717, 1.165) is 52.6 Å². The third-order valence-electron chi connectivity index (χ3n) is 6.77. The van der Waals surface area contributed by atoms with Gasteiger partial charge in [0, 0.05) is 47.4 Å². The molecule has 0 saturated heterocycles. The van der Waals surface area contributed by atoms with Crippen LogP contribution in [0.25, 0.3) is 22.2 Å². The van der Waals surface area contributed by atoms with Crippen molar-refractivity contribution < 1.29 is 14.3 Å². The average Bonchev–Trinajstić information content (AvgIpc) is 3.00. The lowest BCUT2D eigenvalue weighted by Crippen LogP contribution is -2.13. The molecule has 1 amide bonds. The van der Waals surface area contributed by atoms with E-state index in [1.54, 1.807) is 42.9 Å². The first-order valence-corrected chi connectivity index (χ1v) is 14.9. The Morgan fingerprint density at radius 1 is 0.953 bits per heavy atom. The van der Waals surface area contributed by atoms with E-state index < -0.39 is 0 Å². The maximum absolute atomic E-state index is 13.3. The van der Waals surface area contributed by atoms with Gasteiger partial charge in [0.25, 0.3) is 5.91 Å². The molecule has 43 heavy (non-hydrogen) atoms. The average molecular weight is 578 g/mol. The number of aryl methyl sites for hydroxylation is 2. The van der Waals surface area contributed by atoms with Gasteiger partial charge in [-0.25, -0.2) is 4.98 Å². The van der Waals surface area contributed by atoms with Crippen LogP contribution in [-0.4, -0.2) is 21.7 Å². The third kappa shape index (κ3) is 9.20. The van der Waals surface area contributed by atoms with Gasteiger partial charge in [-0.2, -0.15) is 0 Å². The zero-order chi connectivity index (χ0) is 31.4. The van der Waals surface area contributed by atoms with Crippen molar-refractivity contribution in [3.05, 3.63) is 113 Å². The smallest absolute Gasteiger partial charge is 0.256 e. The van der Waals surface area contributed by atoms with E-state index in [4.69, 9.17) is 9.72 Å². The minimum Gasteiger partial charge on any atom is -0.470 e. The number of nitrogens with zero attached hydrogens (tertiary/aromatic N) is 2. The van der Waals surface area contributed by atoms with Gasteiger partial charge in [-0.15, -0.1) is 0 Å². The van der Waals surface area contributed by atoms with Crippen LogP contribution in [0.2, 0.25) is 0 Å². The van der Waals surface area contributed by atoms with Gasteiger partial charge in [0.05, 0.1) is 23.0 Å². The number of allylic oxidation sites excluding steroid dienone is 3. The van der Waals surface area contributed by atoms with E-state index in [-0.39, 0.29) is 11.7 Å². The quantitative estimate of drug-likeness (QED) is 0.150. The molecule has 6 heteroatoms. The summed E-state index contributed by atoms with van der Waals surface area (Å²) in [5.74, 6) is 0.989. The molecular formula is C37H43N3O3. The summed E-state index contributed by atoms with van der Waals surface area (Å²) >= 11 is 0. The molecule has 2 aromatic heterocycles. The van der Waals surface area contributed by atoms with Crippen molar-refractivity contribution in [3.63, 3.8) is 0 Å². The number of pyridine rings is 2. The van der Waals surface area contributed by atoms with Crippen molar-refractivity contribution in [2.24, 2.45) is 0 Å². The molecule has 0 aliphatic heterocycles. The summed E-state index contributed by atoms with van der Waals surface area (Å²) in [7, 11) is 0. The number of ketones is 1. The van der Waals surface area contributed by atoms with Crippen LogP contribution in [0.3, 0.4) is 0 Å². The summed E-state index contributed by atoms with van der Waals surface area (Å²) in [5.41, 5.74) is 7.53. The van der Waals surface area contributed by atoms with Gasteiger partial charge in [0.1, 0.15) is 5.76 Å². The largest absolute Gasteiger partial charge is 0.470 e. The molecule has 0 spiro atoms. The van der Waals surface area contributed by atoms with Crippen LogP contribution < -0.4 is 5.32 Å².